The van der Waals surface area contributed by atoms with Gasteiger partial charge in [0.15, 0.2) is 0 Å². The predicted octanol–water partition coefficient (Wildman–Crippen LogP) is 5.49. The first-order chi connectivity index (χ1) is 9.56. The third kappa shape index (κ3) is 2.35. The molecule has 2 nitrogen and oxygen atoms in total. The molecule has 2 aromatic heterocycles. The van der Waals surface area contributed by atoms with Gasteiger partial charge in [-0.05, 0) is 54.6 Å². The molecule has 0 spiro atoms. The van der Waals surface area contributed by atoms with Gasteiger partial charge in [-0.2, -0.15) is 0 Å². The summed E-state index contributed by atoms with van der Waals surface area (Å²) in [7, 11) is 0. The van der Waals surface area contributed by atoms with Crippen LogP contribution in [0.25, 0.3) is 9.40 Å². The Balaban J connectivity index is 1.92. The molecule has 0 fully saturated rings. The van der Waals surface area contributed by atoms with Crippen LogP contribution in [0, 0.1) is 13.8 Å². The molecule has 1 N–H and O–H groups in total. The van der Waals surface area contributed by atoms with Crippen LogP contribution in [-0.2, 0) is 0 Å². The van der Waals surface area contributed by atoms with E-state index >= 15 is 0 Å². The molecule has 0 saturated carbocycles. The molecule has 0 atom stereocenters. The number of aryl methyl sites for hydroxylation is 2. The van der Waals surface area contributed by atoms with Crippen LogP contribution >= 0.6 is 34.3 Å². The molecule has 0 bridgehead atoms. The van der Waals surface area contributed by atoms with Crippen LogP contribution in [0.1, 0.15) is 20.8 Å². The Morgan fingerprint density at radius 3 is 2.55 bits per heavy atom. The number of amides is 1. The van der Waals surface area contributed by atoms with E-state index in [1.165, 1.54) is 15.0 Å². The van der Waals surface area contributed by atoms with Gasteiger partial charge in [0.25, 0.3) is 5.91 Å². The molecule has 0 saturated heterocycles. The van der Waals surface area contributed by atoms with Gasteiger partial charge in [-0.15, -0.1) is 22.7 Å². The number of hydrogen-bond donors (Lipinski definition) is 1. The second-order valence-electron chi connectivity index (χ2n) is 4.60. The van der Waals surface area contributed by atoms with Crippen molar-refractivity contribution in [3.63, 3.8) is 0 Å². The second-order valence-corrected chi connectivity index (χ2v) is 7.19. The van der Waals surface area contributed by atoms with E-state index in [4.69, 9.17) is 11.6 Å². The summed E-state index contributed by atoms with van der Waals surface area (Å²) in [6, 6.07) is 7.13. The average molecular weight is 322 g/mol. The summed E-state index contributed by atoms with van der Waals surface area (Å²) < 4.78 is 1.21. The van der Waals surface area contributed by atoms with Crippen molar-refractivity contribution in [1.82, 2.24) is 0 Å². The summed E-state index contributed by atoms with van der Waals surface area (Å²) in [4.78, 5) is 13.2. The Hall–Kier alpha value is -1.36. The van der Waals surface area contributed by atoms with Gasteiger partial charge in [-0.3, -0.25) is 4.79 Å². The number of carbonyl (C=O) groups is 1. The fourth-order valence-electron chi connectivity index (χ4n) is 2.17. The van der Waals surface area contributed by atoms with E-state index in [0.717, 1.165) is 16.1 Å². The summed E-state index contributed by atoms with van der Waals surface area (Å²) in [5, 5.41) is 6.93. The molecule has 1 aromatic carbocycles. The first-order valence-electron chi connectivity index (χ1n) is 6.10. The molecule has 102 valence electrons. The fraction of sp³-hybridized carbons (Fsp3) is 0.133. The third-order valence-corrected chi connectivity index (χ3v) is 5.93. The Morgan fingerprint density at radius 1 is 1.20 bits per heavy atom. The van der Waals surface area contributed by atoms with Crippen molar-refractivity contribution < 1.29 is 4.79 Å². The minimum absolute atomic E-state index is 0.0578. The van der Waals surface area contributed by atoms with Crippen LogP contribution in [0.3, 0.4) is 0 Å². The van der Waals surface area contributed by atoms with Gasteiger partial charge in [0.2, 0.25) is 0 Å². The van der Waals surface area contributed by atoms with E-state index < -0.39 is 0 Å². The quantitative estimate of drug-likeness (QED) is 0.664. The number of nitrogens with one attached hydrogen (secondary N) is 1. The molecule has 0 aliphatic rings. The Morgan fingerprint density at radius 2 is 1.90 bits per heavy atom. The number of hydrogen-bond acceptors (Lipinski definition) is 3. The van der Waals surface area contributed by atoms with E-state index in [1.54, 1.807) is 46.9 Å². The lowest BCUT2D eigenvalue weighted by atomic mass is 10.1. The summed E-state index contributed by atoms with van der Waals surface area (Å²) >= 11 is 9.09. The maximum atomic E-state index is 12.4. The van der Waals surface area contributed by atoms with E-state index in [0.29, 0.717) is 5.02 Å². The summed E-state index contributed by atoms with van der Waals surface area (Å²) in [6.07, 6.45) is 0. The van der Waals surface area contributed by atoms with Gasteiger partial charge in [0.1, 0.15) is 0 Å². The van der Waals surface area contributed by atoms with Crippen molar-refractivity contribution in [2.45, 2.75) is 13.8 Å². The lowest BCUT2D eigenvalue weighted by Gasteiger charge is -2.04. The number of benzene rings is 1. The fourth-order valence-corrected chi connectivity index (χ4v) is 4.71. The number of carbonyl (C=O) groups excluding carboxylic acids is 1. The zero-order chi connectivity index (χ0) is 14.3. The van der Waals surface area contributed by atoms with Crippen molar-refractivity contribution in [1.29, 1.82) is 0 Å². The number of halogens is 1. The highest BCUT2D eigenvalue weighted by Gasteiger charge is 2.17. The largest absolute Gasteiger partial charge is 0.321 e. The van der Waals surface area contributed by atoms with Gasteiger partial charge >= 0.3 is 0 Å². The molecule has 2 heterocycles. The van der Waals surface area contributed by atoms with Crippen molar-refractivity contribution in [2.24, 2.45) is 0 Å². The topological polar surface area (TPSA) is 29.1 Å². The maximum Gasteiger partial charge on any atom is 0.266 e. The first kappa shape index (κ1) is 13.6. The zero-order valence-corrected chi connectivity index (χ0v) is 13.4. The lowest BCUT2D eigenvalue weighted by Crippen LogP contribution is -2.11. The van der Waals surface area contributed by atoms with Crippen molar-refractivity contribution in [3.8, 4) is 0 Å². The molecule has 0 aliphatic carbocycles. The summed E-state index contributed by atoms with van der Waals surface area (Å²) in [5.41, 5.74) is 3.06. The number of fused-ring (bicyclic) bond motifs is 1. The number of thiophene rings is 2. The molecule has 0 unspecified atom stereocenters. The SMILES string of the molecule is Cc1csc2sc(C(=O)Nc3ccc(Cl)cc3)c(C)c12. The van der Waals surface area contributed by atoms with Crippen LogP contribution in [0.4, 0.5) is 5.69 Å². The average Bonchev–Trinajstić information content (AvgIpc) is 2.94. The van der Waals surface area contributed by atoms with E-state index in [1.807, 2.05) is 6.92 Å². The molecule has 1 amide bonds. The van der Waals surface area contributed by atoms with Gasteiger partial charge in [0.05, 0.1) is 8.89 Å². The monoisotopic (exact) mass is 321 g/mol. The van der Waals surface area contributed by atoms with Crippen LogP contribution in [0.15, 0.2) is 29.6 Å². The molecule has 5 heteroatoms. The normalized spacial score (nSPS) is 10.9. The van der Waals surface area contributed by atoms with Gasteiger partial charge < -0.3 is 5.32 Å². The van der Waals surface area contributed by atoms with Crippen LogP contribution in [0.2, 0.25) is 5.02 Å². The van der Waals surface area contributed by atoms with E-state index in [2.05, 4.69) is 17.6 Å². The highest BCUT2D eigenvalue weighted by molar-refractivity contribution is 7.38. The van der Waals surface area contributed by atoms with Crippen molar-refractivity contribution in [3.05, 3.63) is 50.7 Å². The van der Waals surface area contributed by atoms with Crippen LogP contribution in [0.5, 0.6) is 0 Å². The Bertz CT molecular complexity index is 786. The lowest BCUT2D eigenvalue weighted by molar-refractivity contribution is 0.103. The summed E-state index contributed by atoms with van der Waals surface area (Å²) in [5.74, 6) is -0.0578. The number of anilines is 1. The zero-order valence-electron chi connectivity index (χ0n) is 11.0. The molecule has 20 heavy (non-hydrogen) atoms. The molecule has 3 rings (SSSR count). The smallest absolute Gasteiger partial charge is 0.266 e. The van der Waals surface area contributed by atoms with Crippen LogP contribution < -0.4 is 5.32 Å². The maximum absolute atomic E-state index is 12.4. The molecular weight excluding hydrogens is 310 g/mol. The standard InChI is InChI=1S/C15H12ClNOS2/c1-8-7-19-15-12(8)9(2)13(20-15)14(18)17-11-5-3-10(16)4-6-11/h3-7H,1-2H3,(H,17,18). The molecule has 3 aromatic rings. The van der Waals surface area contributed by atoms with E-state index in [-0.39, 0.29) is 5.91 Å². The Kier molecular flexibility index (Phi) is 3.54. The molecule has 0 aliphatic heterocycles. The first-order valence-corrected chi connectivity index (χ1v) is 8.18. The molecule has 0 radical (unpaired) electrons. The highest BCUT2D eigenvalue weighted by atomic mass is 35.5. The van der Waals surface area contributed by atoms with Gasteiger partial charge in [-0.25, -0.2) is 0 Å². The number of rotatable bonds is 2. The summed E-state index contributed by atoms with van der Waals surface area (Å²) in [6.45, 7) is 4.09. The Labute approximate surface area is 130 Å². The van der Waals surface area contributed by atoms with Crippen LogP contribution in [-0.4, -0.2) is 5.91 Å². The van der Waals surface area contributed by atoms with Crippen molar-refractivity contribution >= 4 is 55.3 Å². The highest BCUT2D eigenvalue weighted by Crippen LogP contribution is 2.37. The third-order valence-electron chi connectivity index (χ3n) is 3.16. The second kappa shape index (κ2) is 5.20. The molecular formula is C15H12ClNOS2. The van der Waals surface area contributed by atoms with Crippen molar-refractivity contribution in [2.75, 3.05) is 5.32 Å². The predicted molar refractivity (Wildman–Crippen MR) is 88.6 cm³/mol. The van der Waals surface area contributed by atoms with Gasteiger partial charge in [-0.1, -0.05) is 11.6 Å². The van der Waals surface area contributed by atoms with Gasteiger partial charge in [0, 0.05) is 16.1 Å². The minimum atomic E-state index is -0.0578. The minimum Gasteiger partial charge on any atom is -0.321 e. The van der Waals surface area contributed by atoms with E-state index in [9.17, 15) is 4.79 Å².